The summed E-state index contributed by atoms with van der Waals surface area (Å²) in [4.78, 5) is 36.9. The number of benzene rings is 1. The van der Waals surface area contributed by atoms with Crippen molar-refractivity contribution in [1.29, 1.82) is 0 Å². The molecule has 1 N–H and O–H groups in total. The molecule has 0 unspecified atom stereocenters. The summed E-state index contributed by atoms with van der Waals surface area (Å²) in [6, 6.07) is 6.93. The Hall–Kier alpha value is -2.43. The van der Waals surface area contributed by atoms with Crippen molar-refractivity contribution < 1.29 is 14.4 Å². The van der Waals surface area contributed by atoms with Crippen molar-refractivity contribution in [3.8, 4) is 0 Å². The Labute approximate surface area is 136 Å². The van der Waals surface area contributed by atoms with Crippen LogP contribution in [0.1, 0.15) is 53.3 Å². The molecule has 0 saturated carbocycles. The Morgan fingerprint density at radius 1 is 1.04 bits per heavy atom. The largest absolute Gasteiger partial charge is 0.352 e. The first kappa shape index (κ1) is 16.9. The van der Waals surface area contributed by atoms with Gasteiger partial charge in [-0.25, -0.2) is 0 Å². The van der Waals surface area contributed by atoms with Crippen LogP contribution in [0.15, 0.2) is 36.4 Å². The molecular weight excluding hydrogens is 292 g/mol. The minimum absolute atomic E-state index is 0.115. The van der Waals surface area contributed by atoms with Crippen LogP contribution in [0, 0.1) is 0 Å². The summed E-state index contributed by atoms with van der Waals surface area (Å²) in [5.74, 6) is -0.505. The molecule has 3 amide bonds. The molecule has 2 rings (SSSR count). The summed E-state index contributed by atoms with van der Waals surface area (Å²) in [5, 5.41) is 2.78. The van der Waals surface area contributed by atoms with E-state index in [1.54, 1.807) is 31.2 Å². The molecule has 0 atom stereocenters. The van der Waals surface area contributed by atoms with Crippen LogP contribution in [0.2, 0.25) is 0 Å². The SMILES string of the molecule is C=C(C)C(=O)NCCCCCCN1C(=O)c2ccccc2C1=O. The van der Waals surface area contributed by atoms with Crippen LogP contribution < -0.4 is 5.32 Å². The standard InChI is InChI=1S/C18H22N2O3/c1-13(2)16(21)19-11-7-3-4-8-12-20-17(22)14-9-5-6-10-15(14)18(20)23/h5-6,9-10H,1,3-4,7-8,11-12H2,2H3,(H,19,21). The molecule has 1 aromatic carbocycles. The normalized spacial score (nSPS) is 13.2. The number of fused-ring (bicyclic) bond motifs is 1. The summed E-state index contributed by atoms with van der Waals surface area (Å²) in [6.45, 7) is 6.33. The number of rotatable bonds is 8. The van der Waals surface area contributed by atoms with Gasteiger partial charge in [0.15, 0.2) is 0 Å². The van der Waals surface area contributed by atoms with Gasteiger partial charge in [0.2, 0.25) is 5.91 Å². The van der Waals surface area contributed by atoms with E-state index in [-0.39, 0.29) is 17.7 Å². The van der Waals surface area contributed by atoms with Gasteiger partial charge in [-0.2, -0.15) is 0 Å². The fourth-order valence-electron chi connectivity index (χ4n) is 2.54. The number of carbonyl (C=O) groups is 3. The van der Waals surface area contributed by atoms with E-state index >= 15 is 0 Å². The molecule has 1 aliphatic heterocycles. The highest BCUT2D eigenvalue weighted by Gasteiger charge is 2.34. The highest BCUT2D eigenvalue weighted by atomic mass is 16.2. The van der Waals surface area contributed by atoms with Crippen molar-refractivity contribution in [1.82, 2.24) is 10.2 Å². The molecule has 0 spiro atoms. The Bertz CT molecular complexity index is 602. The molecule has 1 heterocycles. The molecule has 0 radical (unpaired) electrons. The van der Waals surface area contributed by atoms with E-state index in [0.29, 0.717) is 29.8 Å². The third-order valence-electron chi connectivity index (χ3n) is 3.86. The molecule has 5 heteroatoms. The van der Waals surface area contributed by atoms with E-state index in [1.807, 2.05) is 0 Å². The zero-order valence-corrected chi connectivity index (χ0v) is 13.4. The van der Waals surface area contributed by atoms with E-state index in [0.717, 1.165) is 25.7 Å². The number of unbranched alkanes of at least 4 members (excludes halogenated alkanes) is 3. The third kappa shape index (κ3) is 4.06. The molecule has 1 aliphatic rings. The van der Waals surface area contributed by atoms with Gasteiger partial charge in [-0.05, 0) is 31.9 Å². The second-order valence-electron chi connectivity index (χ2n) is 5.76. The van der Waals surface area contributed by atoms with Gasteiger partial charge in [0.25, 0.3) is 11.8 Å². The molecule has 0 aliphatic carbocycles. The van der Waals surface area contributed by atoms with E-state index in [2.05, 4.69) is 11.9 Å². The number of carbonyl (C=O) groups excluding carboxylic acids is 3. The molecule has 122 valence electrons. The van der Waals surface area contributed by atoms with Crippen molar-refractivity contribution in [3.63, 3.8) is 0 Å². The topological polar surface area (TPSA) is 66.5 Å². The first-order chi connectivity index (χ1) is 11.0. The Kier molecular flexibility index (Phi) is 5.68. The number of nitrogens with one attached hydrogen (secondary N) is 1. The Balaban J connectivity index is 1.66. The van der Waals surface area contributed by atoms with Crippen LogP contribution in [0.4, 0.5) is 0 Å². The highest BCUT2D eigenvalue weighted by Crippen LogP contribution is 2.22. The number of hydrogen-bond acceptors (Lipinski definition) is 3. The zero-order valence-electron chi connectivity index (χ0n) is 13.4. The Morgan fingerprint density at radius 3 is 2.17 bits per heavy atom. The monoisotopic (exact) mass is 314 g/mol. The molecular formula is C18H22N2O3. The number of amides is 3. The fraction of sp³-hybridized carbons (Fsp3) is 0.389. The first-order valence-corrected chi connectivity index (χ1v) is 7.91. The van der Waals surface area contributed by atoms with Gasteiger partial charge in [-0.15, -0.1) is 0 Å². The van der Waals surface area contributed by atoms with Gasteiger partial charge in [-0.1, -0.05) is 31.6 Å². The Morgan fingerprint density at radius 2 is 1.61 bits per heavy atom. The van der Waals surface area contributed by atoms with Gasteiger partial charge >= 0.3 is 0 Å². The van der Waals surface area contributed by atoms with E-state index in [1.165, 1.54) is 4.90 Å². The molecule has 0 fully saturated rings. The van der Waals surface area contributed by atoms with Crippen LogP contribution in [0.5, 0.6) is 0 Å². The van der Waals surface area contributed by atoms with Crippen LogP contribution >= 0.6 is 0 Å². The van der Waals surface area contributed by atoms with Crippen molar-refractivity contribution in [2.24, 2.45) is 0 Å². The quantitative estimate of drug-likeness (QED) is 0.455. The van der Waals surface area contributed by atoms with Gasteiger partial charge in [-0.3, -0.25) is 19.3 Å². The van der Waals surface area contributed by atoms with Crippen LogP contribution in [-0.4, -0.2) is 35.7 Å². The van der Waals surface area contributed by atoms with E-state index in [4.69, 9.17) is 0 Å². The number of nitrogens with zero attached hydrogens (tertiary/aromatic N) is 1. The van der Waals surface area contributed by atoms with Crippen molar-refractivity contribution >= 4 is 17.7 Å². The molecule has 5 nitrogen and oxygen atoms in total. The first-order valence-electron chi connectivity index (χ1n) is 7.91. The minimum Gasteiger partial charge on any atom is -0.352 e. The summed E-state index contributed by atoms with van der Waals surface area (Å²) in [7, 11) is 0. The molecule has 1 aromatic rings. The van der Waals surface area contributed by atoms with E-state index in [9.17, 15) is 14.4 Å². The lowest BCUT2D eigenvalue weighted by molar-refractivity contribution is -0.117. The maximum atomic E-state index is 12.2. The average molecular weight is 314 g/mol. The lowest BCUT2D eigenvalue weighted by Crippen LogP contribution is -2.30. The van der Waals surface area contributed by atoms with E-state index < -0.39 is 0 Å². The van der Waals surface area contributed by atoms with Crippen molar-refractivity contribution in [3.05, 3.63) is 47.5 Å². The molecule has 0 aromatic heterocycles. The predicted molar refractivity (Wildman–Crippen MR) is 88.1 cm³/mol. The summed E-state index contributed by atoms with van der Waals surface area (Å²) in [5.41, 5.74) is 1.51. The molecule has 23 heavy (non-hydrogen) atoms. The summed E-state index contributed by atoms with van der Waals surface area (Å²) >= 11 is 0. The maximum absolute atomic E-state index is 12.2. The average Bonchev–Trinajstić information content (AvgIpc) is 2.78. The van der Waals surface area contributed by atoms with Crippen molar-refractivity contribution in [2.75, 3.05) is 13.1 Å². The van der Waals surface area contributed by atoms with Crippen LogP contribution in [-0.2, 0) is 4.79 Å². The van der Waals surface area contributed by atoms with Gasteiger partial charge in [0.1, 0.15) is 0 Å². The number of imide groups is 1. The smallest absolute Gasteiger partial charge is 0.261 e. The van der Waals surface area contributed by atoms with Gasteiger partial charge in [0, 0.05) is 18.7 Å². The minimum atomic E-state index is -0.195. The second kappa shape index (κ2) is 7.72. The molecule has 0 bridgehead atoms. The number of hydrogen-bond donors (Lipinski definition) is 1. The third-order valence-corrected chi connectivity index (χ3v) is 3.86. The van der Waals surface area contributed by atoms with Crippen LogP contribution in [0.25, 0.3) is 0 Å². The van der Waals surface area contributed by atoms with Gasteiger partial charge in [0.05, 0.1) is 11.1 Å². The van der Waals surface area contributed by atoms with Crippen molar-refractivity contribution in [2.45, 2.75) is 32.6 Å². The summed E-state index contributed by atoms with van der Waals surface area (Å²) in [6.07, 6.45) is 3.51. The van der Waals surface area contributed by atoms with Crippen LogP contribution in [0.3, 0.4) is 0 Å². The summed E-state index contributed by atoms with van der Waals surface area (Å²) < 4.78 is 0. The predicted octanol–water partition coefficient (Wildman–Crippen LogP) is 2.54. The van der Waals surface area contributed by atoms with Gasteiger partial charge < -0.3 is 5.32 Å². The fourth-order valence-corrected chi connectivity index (χ4v) is 2.54. The molecule has 0 saturated heterocycles. The lowest BCUT2D eigenvalue weighted by atomic mass is 10.1. The zero-order chi connectivity index (χ0) is 16.8. The lowest BCUT2D eigenvalue weighted by Gasteiger charge is -2.13. The highest BCUT2D eigenvalue weighted by molar-refractivity contribution is 6.21. The second-order valence-corrected chi connectivity index (χ2v) is 5.76. The maximum Gasteiger partial charge on any atom is 0.261 e.